The summed E-state index contributed by atoms with van der Waals surface area (Å²) in [5.74, 6) is 0.0954. The van der Waals surface area contributed by atoms with Crippen LogP contribution in [0.25, 0.3) is 0 Å². The van der Waals surface area contributed by atoms with Crippen molar-refractivity contribution < 1.29 is 32.3 Å². The Morgan fingerprint density at radius 2 is 2.00 bits per heavy atom. The molecular weight excluding hydrogens is 319 g/mol. The lowest BCUT2D eigenvalue weighted by atomic mass is 10.2. The van der Waals surface area contributed by atoms with E-state index >= 15 is 0 Å². The predicted molar refractivity (Wildman–Crippen MR) is 73.1 cm³/mol. The number of benzene rings is 1. The van der Waals surface area contributed by atoms with E-state index in [1.54, 1.807) is 0 Å². The molecule has 6 nitrogen and oxygen atoms in total. The summed E-state index contributed by atoms with van der Waals surface area (Å²) in [6, 6.07) is 4.79. The number of halogens is 3. The third kappa shape index (κ3) is 5.36. The van der Waals surface area contributed by atoms with E-state index < -0.39 is 30.1 Å². The molecule has 2 atom stereocenters. The van der Waals surface area contributed by atoms with Crippen LogP contribution in [0.3, 0.4) is 0 Å². The Morgan fingerprint density at radius 1 is 1.30 bits per heavy atom. The van der Waals surface area contributed by atoms with Crippen molar-refractivity contribution in [1.29, 1.82) is 0 Å². The second-order valence-corrected chi connectivity index (χ2v) is 5.02. The Hall–Kier alpha value is -1.87. The molecular formula is C14H16F3NO5. The average Bonchev–Trinajstić information content (AvgIpc) is 2.51. The van der Waals surface area contributed by atoms with Crippen molar-refractivity contribution in [2.24, 2.45) is 0 Å². The highest BCUT2D eigenvalue weighted by atomic mass is 19.4. The molecule has 0 saturated carbocycles. The zero-order valence-corrected chi connectivity index (χ0v) is 12.1. The van der Waals surface area contributed by atoms with Crippen LogP contribution in [0.4, 0.5) is 18.9 Å². The van der Waals surface area contributed by atoms with Gasteiger partial charge >= 0.3 is 6.18 Å². The van der Waals surface area contributed by atoms with E-state index in [0.717, 1.165) is 25.0 Å². The average molecular weight is 335 g/mol. The molecule has 128 valence electrons. The standard InChI is InChI=1S/C14H16F3NO5/c15-14(16,17)12(23-13-3-1-2-8-21-13)9-22-11-6-4-10(5-7-11)18(19)20/h4-7,12-13H,1-3,8-9H2. The van der Waals surface area contributed by atoms with Gasteiger partial charge in [-0.15, -0.1) is 0 Å². The lowest BCUT2D eigenvalue weighted by molar-refractivity contribution is -0.384. The van der Waals surface area contributed by atoms with Crippen LogP contribution in [-0.4, -0.2) is 36.7 Å². The lowest BCUT2D eigenvalue weighted by Crippen LogP contribution is -2.41. The Morgan fingerprint density at radius 3 is 2.52 bits per heavy atom. The normalized spacial score (nSPS) is 20.0. The number of alkyl halides is 3. The molecule has 0 aromatic heterocycles. The number of non-ortho nitro benzene ring substituents is 1. The molecule has 1 aliphatic rings. The molecule has 2 unspecified atom stereocenters. The van der Waals surface area contributed by atoms with Crippen molar-refractivity contribution in [3.63, 3.8) is 0 Å². The van der Waals surface area contributed by atoms with E-state index in [9.17, 15) is 23.3 Å². The SMILES string of the molecule is O=[N+]([O-])c1ccc(OCC(OC2CCCCO2)C(F)(F)F)cc1. The van der Waals surface area contributed by atoms with E-state index in [-0.39, 0.29) is 11.4 Å². The number of nitrogens with zero attached hydrogens (tertiary/aromatic N) is 1. The second kappa shape index (κ2) is 7.60. The lowest BCUT2D eigenvalue weighted by Gasteiger charge is -2.28. The Labute approximate surface area is 130 Å². The van der Waals surface area contributed by atoms with Crippen molar-refractivity contribution in [2.75, 3.05) is 13.2 Å². The summed E-state index contributed by atoms with van der Waals surface area (Å²) in [5, 5.41) is 10.5. The summed E-state index contributed by atoms with van der Waals surface area (Å²) in [4.78, 5) is 9.91. The predicted octanol–water partition coefficient (Wildman–Crippen LogP) is 3.45. The Bertz CT molecular complexity index is 514. The van der Waals surface area contributed by atoms with Crippen molar-refractivity contribution >= 4 is 5.69 Å². The molecule has 9 heteroatoms. The molecule has 1 heterocycles. The van der Waals surface area contributed by atoms with Crippen molar-refractivity contribution in [2.45, 2.75) is 37.8 Å². The van der Waals surface area contributed by atoms with Gasteiger partial charge in [-0.2, -0.15) is 13.2 Å². The van der Waals surface area contributed by atoms with Crippen LogP contribution in [-0.2, 0) is 9.47 Å². The summed E-state index contributed by atoms with van der Waals surface area (Å²) in [6.07, 6.45) is -5.66. The van der Waals surface area contributed by atoms with Crippen LogP contribution in [0, 0.1) is 10.1 Å². The van der Waals surface area contributed by atoms with Gasteiger partial charge in [-0.3, -0.25) is 10.1 Å². The van der Waals surface area contributed by atoms with Crippen molar-refractivity contribution in [3.8, 4) is 5.75 Å². The van der Waals surface area contributed by atoms with Crippen LogP contribution in [0.1, 0.15) is 19.3 Å². The molecule has 2 rings (SSSR count). The maximum atomic E-state index is 13.0. The fraction of sp³-hybridized carbons (Fsp3) is 0.571. The van der Waals surface area contributed by atoms with Gasteiger partial charge in [0.1, 0.15) is 12.4 Å². The van der Waals surface area contributed by atoms with E-state index in [2.05, 4.69) is 0 Å². The van der Waals surface area contributed by atoms with Gasteiger partial charge in [0.2, 0.25) is 0 Å². The molecule has 0 N–H and O–H groups in total. The first-order valence-corrected chi connectivity index (χ1v) is 7.07. The molecule has 1 saturated heterocycles. The first-order chi connectivity index (χ1) is 10.9. The number of rotatable bonds is 6. The van der Waals surface area contributed by atoms with E-state index in [4.69, 9.17) is 14.2 Å². The zero-order chi connectivity index (χ0) is 16.9. The summed E-state index contributed by atoms with van der Waals surface area (Å²) < 4.78 is 54.1. The van der Waals surface area contributed by atoms with E-state index in [1.165, 1.54) is 12.1 Å². The molecule has 1 aliphatic heterocycles. The minimum atomic E-state index is -4.60. The van der Waals surface area contributed by atoms with E-state index in [1.807, 2.05) is 0 Å². The maximum Gasteiger partial charge on any atom is 0.418 e. The third-order valence-electron chi connectivity index (χ3n) is 3.27. The van der Waals surface area contributed by atoms with Gasteiger partial charge in [0.15, 0.2) is 12.4 Å². The number of ether oxygens (including phenoxy) is 3. The molecule has 1 aromatic carbocycles. The minimum Gasteiger partial charge on any atom is -0.491 e. The number of nitro groups is 1. The van der Waals surface area contributed by atoms with Gasteiger partial charge in [0.25, 0.3) is 5.69 Å². The smallest absolute Gasteiger partial charge is 0.418 e. The van der Waals surface area contributed by atoms with Crippen LogP contribution >= 0.6 is 0 Å². The van der Waals surface area contributed by atoms with Crippen LogP contribution in [0.5, 0.6) is 5.75 Å². The molecule has 23 heavy (non-hydrogen) atoms. The monoisotopic (exact) mass is 335 g/mol. The molecule has 1 fully saturated rings. The maximum absolute atomic E-state index is 13.0. The highest BCUT2D eigenvalue weighted by molar-refractivity contribution is 5.35. The Kier molecular flexibility index (Phi) is 5.78. The second-order valence-electron chi connectivity index (χ2n) is 5.02. The number of nitro benzene ring substituents is 1. The third-order valence-corrected chi connectivity index (χ3v) is 3.27. The van der Waals surface area contributed by atoms with Gasteiger partial charge in [0.05, 0.1) is 4.92 Å². The highest BCUT2D eigenvalue weighted by Gasteiger charge is 2.43. The fourth-order valence-corrected chi connectivity index (χ4v) is 2.05. The summed E-state index contributed by atoms with van der Waals surface area (Å²) in [7, 11) is 0. The molecule has 0 amide bonds. The first-order valence-electron chi connectivity index (χ1n) is 7.07. The van der Waals surface area contributed by atoms with Crippen LogP contribution in [0.15, 0.2) is 24.3 Å². The van der Waals surface area contributed by atoms with Gasteiger partial charge in [-0.1, -0.05) is 0 Å². The van der Waals surface area contributed by atoms with Crippen molar-refractivity contribution in [3.05, 3.63) is 34.4 Å². The summed E-state index contributed by atoms with van der Waals surface area (Å²) in [6.45, 7) is -0.375. The van der Waals surface area contributed by atoms with Gasteiger partial charge in [0, 0.05) is 18.7 Å². The molecule has 0 radical (unpaired) electrons. The molecule has 0 aliphatic carbocycles. The molecule has 0 bridgehead atoms. The summed E-state index contributed by atoms with van der Waals surface area (Å²) >= 11 is 0. The van der Waals surface area contributed by atoms with Gasteiger partial charge in [-0.05, 0) is 31.4 Å². The topological polar surface area (TPSA) is 70.8 Å². The number of hydrogen-bond acceptors (Lipinski definition) is 5. The number of hydrogen-bond donors (Lipinski definition) is 0. The first kappa shape index (κ1) is 17.5. The quantitative estimate of drug-likeness (QED) is 0.588. The highest BCUT2D eigenvalue weighted by Crippen LogP contribution is 2.27. The summed E-state index contributed by atoms with van der Waals surface area (Å²) in [5.41, 5.74) is -0.170. The fourth-order valence-electron chi connectivity index (χ4n) is 2.05. The zero-order valence-electron chi connectivity index (χ0n) is 12.1. The van der Waals surface area contributed by atoms with Gasteiger partial charge in [-0.25, -0.2) is 0 Å². The largest absolute Gasteiger partial charge is 0.491 e. The Balaban J connectivity index is 1.93. The van der Waals surface area contributed by atoms with Crippen LogP contribution < -0.4 is 4.74 Å². The molecule has 0 spiro atoms. The molecule has 1 aromatic rings. The van der Waals surface area contributed by atoms with E-state index in [0.29, 0.717) is 13.0 Å². The van der Waals surface area contributed by atoms with Gasteiger partial charge < -0.3 is 14.2 Å². The van der Waals surface area contributed by atoms with Crippen molar-refractivity contribution in [1.82, 2.24) is 0 Å². The minimum absolute atomic E-state index is 0.0954. The van der Waals surface area contributed by atoms with Crippen LogP contribution in [0.2, 0.25) is 0 Å².